The minimum Gasteiger partial charge on any atom is -0.506 e. The van der Waals surface area contributed by atoms with E-state index < -0.39 is 42.4 Å². The molecule has 1 aliphatic rings. The van der Waals surface area contributed by atoms with Gasteiger partial charge in [-0.25, -0.2) is 0 Å². The molecule has 1 heterocycles. The topological polar surface area (TPSA) is 110 Å². The minimum atomic E-state index is -1.60. The van der Waals surface area contributed by atoms with Crippen molar-refractivity contribution in [1.29, 1.82) is 0 Å². The van der Waals surface area contributed by atoms with Crippen molar-refractivity contribution >= 4 is 7.85 Å². The molecule has 0 aromatic carbocycles. The van der Waals surface area contributed by atoms with E-state index in [0.717, 1.165) is 0 Å². The summed E-state index contributed by atoms with van der Waals surface area (Å²) in [5.41, 5.74) is 0. The zero-order valence-electron chi connectivity index (χ0n) is 7.24. The molecule has 0 aliphatic carbocycles. The van der Waals surface area contributed by atoms with Gasteiger partial charge in [0.25, 0.3) is 0 Å². The van der Waals surface area contributed by atoms with Gasteiger partial charge in [-0.15, -0.1) is 0 Å². The number of aliphatic hydroxyl groups is 5. The lowest BCUT2D eigenvalue weighted by Crippen LogP contribution is -2.49. The molecular weight excluding hydrogens is 191 g/mol. The zero-order valence-corrected chi connectivity index (χ0v) is 7.24. The first-order valence-corrected chi connectivity index (χ1v) is 3.99. The molecule has 0 spiro atoms. The summed E-state index contributed by atoms with van der Waals surface area (Å²) >= 11 is 0. The lowest BCUT2D eigenvalue weighted by atomic mass is 9.88. The molecule has 78 valence electrons. The van der Waals surface area contributed by atoms with Crippen LogP contribution in [0, 0.1) is 0 Å². The van der Waals surface area contributed by atoms with Crippen LogP contribution in [-0.4, -0.2) is 64.3 Å². The third-order valence-corrected chi connectivity index (χ3v) is 1.98. The second kappa shape index (κ2) is 4.18. The highest BCUT2D eigenvalue weighted by molar-refractivity contribution is 6.11. The van der Waals surface area contributed by atoms with Gasteiger partial charge in [-0.2, -0.15) is 0 Å². The van der Waals surface area contributed by atoms with E-state index in [2.05, 4.69) is 0 Å². The highest BCUT2D eigenvalue weighted by Crippen LogP contribution is 2.24. The Kier molecular flexibility index (Phi) is 3.38. The fraction of sp³-hybridized carbons (Fsp3) is 0.714. The molecule has 6 nitrogen and oxygen atoms in total. The highest BCUT2D eigenvalue weighted by atomic mass is 16.5. The Labute approximate surface area is 81.5 Å². The maximum Gasteiger partial charge on any atom is 0.164 e. The molecule has 14 heavy (non-hydrogen) atoms. The first kappa shape index (κ1) is 11.3. The summed E-state index contributed by atoms with van der Waals surface area (Å²) in [5.74, 6) is -1.40. The van der Waals surface area contributed by atoms with E-state index in [1.54, 1.807) is 0 Å². The average Bonchev–Trinajstić information content (AvgIpc) is 2.14. The van der Waals surface area contributed by atoms with Crippen LogP contribution in [-0.2, 0) is 4.74 Å². The van der Waals surface area contributed by atoms with Crippen LogP contribution in [0.2, 0.25) is 0 Å². The zero-order chi connectivity index (χ0) is 10.9. The van der Waals surface area contributed by atoms with Crippen molar-refractivity contribution in [2.75, 3.05) is 6.61 Å². The SMILES string of the molecule is [B]C(O)[C@H]1OC(CO)C(O)=C(O)C1O. The van der Waals surface area contributed by atoms with Gasteiger partial charge in [-0.05, 0) is 0 Å². The van der Waals surface area contributed by atoms with Gasteiger partial charge in [0, 0.05) is 6.00 Å². The van der Waals surface area contributed by atoms with Crippen LogP contribution in [0.4, 0.5) is 0 Å². The van der Waals surface area contributed by atoms with Crippen molar-refractivity contribution in [2.24, 2.45) is 0 Å². The largest absolute Gasteiger partial charge is 0.506 e. The van der Waals surface area contributed by atoms with Crippen LogP contribution >= 0.6 is 0 Å². The molecule has 4 atom stereocenters. The van der Waals surface area contributed by atoms with Gasteiger partial charge < -0.3 is 30.3 Å². The van der Waals surface area contributed by atoms with Crippen molar-refractivity contribution in [3.05, 3.63) is 11.5 Å². The van der Waals surface area contributed by atoms with E-state index >= 15 is 0 Å². The summed E-state index contributed by atoms with van der Waals surface area (Å²) in [6, 6.07) is -1.52. The molecule has 0 amide bonds. The summed E-state index contributed by atoms with van der Waals surface area (Å²) in [5, 5.41) is 45.3. The molecule has 0 aromatic heterocycles. The highest BCUT2D eigenvalue weighted by Gasteiger charge is 2.39. The third-order valence-electron chi connectivity index (χ3n) is 1.98. The van der Waals surface area contributed by atoms with Crippen molar-refractivity contribution in [3.63, 3.8) is 0 Å². The van der Waals surface area contributed by atoms with Gasteiger partial charge in [-0.1, -0.05) is 0 Å². The molecular formula is C7H11BO6. The molecule has 1 aliphatic heterocycles. The van der Waals surface area contributed by atoms with Gasteiger partial charge in [0.05, 0.1) is 6.61 Å². The van der Waals surface area contributed by atoms with Crippen molar-refractivity contribution in [2.45, 2.75) is 24.3 Å². The number of rotatable bonds is 2. The van der Waals surface area contributed by atoms with Crippen molar-refractivity contribution in [3.8, 4) is 0 Å². The number of aliphatic hydroxyl groups excluding tert-OH is 5. The molecule has 5 N–H and O–H groups in total. The second-order valence-electron chi connectivity index (χ2n) is 2.98. The molecule has 0 saturated carbocycles. The fourth-order valence-electron chi connectivity index (χ4n) is 1.20. The molecule has 2 radical (unpaired) electrons. The summed E-state index contributed by atoms with van der Waals surface area (Å²) in [6.45, 7) is -0.591. The Morgan fingerprint density at radius 1 is 1.36 bits per heavy atom. The van der Waals surface area contributed by atoms with Gasteiger partial charge in [-0.3, -0.25) is 0 Å². The van der Waals surface area contributed by atoms with Crippen LogP contribution in [0.15, 0.2) is 11.5 Å². The Balaban J connectivity index is 2.91. The molecule has 1 rings (SSSR count). The molecule has 7 heteroatoms. The summed E-state index contributed by atoms with van der Waals surface area (Å²) < 4.78 is 4.85. The van der Waals surface area contributed by atoms with E-state index in [-0.39, 0.29) is 0 Å². The minimum absolute atomic E-state index is 0.591. The Morgan fingerprint density at radius 2 is 1.93 bits per heavy atom. The van der Waals surface area contributed by atoms with Crippen LogP contribution in [0.3, 0.4) is 0 Å². The normalized spacial score (nSPS) is 35.8. The van der Waals surface area contributed by atoms with E-state index in [4.69, 9.17) is 27.9 Å². The van der Waals surface area contributed by atoms with Crippen LogP contribution in [0.1, 0.15) is 0 Å². The molecule has 0 aromatic rings. The van der Waals surface area contributed by atoms with Gasteiger partial charge in [0.1, 0.15) is 26.2 Å². The van der Waals surface area contributed by atoms with Gasteiger partial charge >= 0.3 is 0 Å². The monoisotopic (exact) mass is 202 g/mol. The van der Waals surface area contributed by atoms with Crippen LogP contribution in [0.25, 0.3) is 0 Å². The van der Waals surface area contributed by atoms with Gasteiger partial charge in [0.2, 0.25) is 0 Å². The molecule has 0 saturated heterocycles. The van der Waals surface area contributed by atoms with E-state index in [1.165, 1.54) is 0 Å². The lowest BCUT2D eigenvalue weighted by molar-refractivity contribution is -0.136. The number of ether oxygens (including phenoxy) is 1. The summed E-state index contributed by atoms with van der Waals surface area (Å²) in [4.78, 5) is 0. The maximum absolute atomic E-state index is 9.28. The molecule has 3 unspecified atom stereocenters. The van der Waals surface area contributed by atoms with Crippen molar-refractivity contribution < 1.29 is 30.3 Å². The van der Waals surface area contributed by atoms with E-state index in [1.807, 2.05) is 0 Å². The number of hydrogen-bond donors (Lipinski definition) is 5. The first-order valence-electron chi connectivity index (χ1n) is 3.99. The van der Waals surface area contributed by atoms with Gasteiger partial charge in [0.15, 0.2) is 11.5 Å². The predicted molar refractivity (Wildman–Crippen MR) is 45.8 cm³/mol. The van der Waals surface area contributed by atoms with Crippen LogP contribution < -0.4 is 0 Å². The third kappa shape index (κ3) is 1.85. The van der Waals surface area contributed by atoms with E-state index in [0.29, 0.717) is 0 Å². The Bertz CT molecular complexity index is 240. The quantitative estimate of drug-likeness (QED) is 0.329. The standard InChI is InChI=1S/C7H11BO6/c8-7(13)6-5(12)4(11)3(10)2(1-9)14-6/h2,5-7,9-13H,1H2/t2?,5?,6-,7?/m0/s1. The Hall–Kier alpha value is -0.755. The average molecular weight is 202 g/mol. The van der Waals surface area contributed by atoms with Crippen LogP contribution in [0.5, 0.6) is 0 Å². The van der Waals surface area contributed by atoms with E-state index in [9.17, 15) is 10.2 Å². The fourth-order valence-corrected chi connectivity index (χ4v) is 1.20. The number of hydrogen-bond acceptors (Lipinski definition) is 6. The summed E-state index contributed by atoms with van der Waals surface area (Å²) in [7, 11) is 5.06. The second-order valence-corrected chi connectivity index (χ2v) is 2.98. The Morgan fingerprint density at radius 3 is 2.36 bits per heavy atom. The lowest BCUT2D eigenvalue weighted by Gasteiger charge is -2.34. The molecule has 0 fully saturated rings. The maximum atomic E-state index is 9.28. The predicted octanol–water partition coefficient (Wildman–Crippen LogP) is -2.08. The first-order chi connectivity index (χ1) is 6.49. The summed E-state index contributed by atoms with van der Waals surface area (Å²) in [6.07, 6.45) is -4.05. The van der Waals surface area contributed by atoms with Crippen molar-refractivity contribution in [1.82, 2.24) is 0 Å². The molecule has 0 bridgehead atoms. The smallest absolute Gasteiger partial charge is 0.164 e.